The number of carbonyl (C=O) groups excluding carboxylic acids is 3. The van der Waals surface area contributed by atoms with Crippen LogP contribution >= 0.6 is 7.60 Å². The second kappa shape index (κ2) is 10.8. The predicted molar refractivity (Wildman–Crippen MR) is 119 cm³/mol. The highest BCUT2D eigenvalue weighted by Crippen LogP contribution is 2.56. The molecule has 0 bridgehead atoms. The van der Waals surface area contributed by atoms with Crippen molar-refractivity contribution in [1.29, 1.82) is 0 Å². The molecule has 0 saturated heterocycles. The largest absolute Gasteiger partial charge is 0.468 e. The minimum atomic E-state index is -4.28. The van der Waals surface area contributed by atoms with Gasteiger partial charge in [-0.2, -0.15) is 0 Å². The van der Waals surface area contributed by atoms with Crippen molar-refractivity contribution in [1.82, 2.24) is 0 Å². The number of esters is 2. The summed E-state index contributed by atoms with van der Waals surface area (Å²) >= 11 is 0. The molecule has 0 fully saturated rings. The Labute approximate surface area is 187 Å². The fourth-order valence-electron chi connectivity index (χ4n) is 3.52. The monoisotopic (exact) mass is 468 g/mol. The number of hydrogen-bond acceptors (Lipinski definition) is 9. The lowest BCUT2D eigenvalue weighted by Gasteiger charge is -2.36. The van der Waals surface area contributed by atoms with E-state index in [1.807, 2.05) is 0 Å². The molecule has 32 heavy (non-hydrogen) atoms. The van der Waals surface area contributed by atoms with Gasteiger partial charge in [-0.25, -0.2) is 4.79 Å². The van der Waals surface area contributed by atoms with Crippen LogP contribution < -0.4 is 4.90 Å². The maximum absolute atomic E-state index is 13.7. The topological polar surface area (TPSA) is 121 Å². The van der Waals surface area contributed by atoms with E-state index in [0.717, 1.165) is 24.7 Å². The highest BCUT2D eigenvalue weighted by molar-refractivity contribution is 7.55. The second-order valence-corrected chi connectivity index (χ2v) is 9.24. The number of hydrogen-bond donors (Lipinski definition) is 0. The number of benzene rings is 1. The summed E-state index contributed by atoms with van der Waals surface area (Å²) in [5.74, 6) is -2.53. The normalized spacial score (nSPS) is 15.9. The third-order valence-corrected chi connectivity index (χ3v) is 7.21. The molecule has 0 aliphatic carbocycles. The number of nitrogens with zero attached hydrogens (tertiary/aromatic N) is 2. The molecule has 0 radical (unpaired) electrons. The summed E-state index contributed by atoms with van der Waals surface area (Å²) in [4.78, 5) is 44.9. The van der Waals surface area contributed by atoms with Gasteiger partial charge >= 0.3 is 19.5 Å². The quantitative estimate of drug-likeness (QED) is 0.400. The summed E-state index contributed by atoms with van der Waals surface area (Å²) in [5, 5.41) is 0. The number of fused-ring (bicyclic) bond motifs is 1. The van der Waals surface area contributed by atoms with Crippen LogP contribution in [0.1, 0.15) is 32.8 Å². The second-order valence-electron chi connectivity index (χ2n) is 7.09. The van der Waals surface area contributed by atoms with E-state index in [1.54, 1.807) is 45.9 Å². The van der Waals surface area contributed by atoms with Gasteiger partial charge < -0.3 is 18.5 Å². The van der Waals surface area contributed by atoms with Crippen molar-refractivity contribution in [2.24, 2.45) is 4.99 Å². The van der Waals surface area contributed by atoms with Gasteiger partial charge in [0.25, 0.3) is 0 Å². The third-order valence-electron chi connectivity index (χ3n) is 4.80. The first-order valence-electron chi connectivity index (χ1n) is 10.1. The number of methoxy groups -OCH3 is 2. The summed E-state index contributed by atoms with van der Waals surface area (Å²) in [6, 6.07) is 3.49. The molecule has 1 heterocycles. The smallest absolute Gasteiger partial charge is 0.347 e. The van der Waals surface area contributed by atoms with Crippen LogP contribution in [-0.4, -0.2) is 62.7 Å². The molecule has 0 aromatic heterocycles. The van der Waals surface area contributed by atoms with Crippen molar-refractivity contribution in [2.45, 2.75) is 45.8 Å². The zero-order valence-electron chi connectivity index (χ0n) is 19.1. The fourth-order valence-corrected chi connectivity index (χ4v) is 5.60. The molecular formula is C21H29N2O8P. The van der Waals surface area contributed by atoms with Crippen LogP contribution in [0, 0.1) is 6.92 Å². The average molecular weight is 468 g/mol. The number of aliphatic imine (C=N–C) groups is 1. The zero-order valence-corrected chi connectivity index (χ0v) is 20.0. The molecule has 0 N–H and O–H groups in total. The Bertz CT molecular complexity index is 951. The van der Waals surface area contributed by atoms with Crippen LogP contribution in [0.3, 0.4) is 0 Å². The van der Waals surface area contributed by atoms with Gasteiger partial charge in [-0.3, -0.25) is 24.0 Å². The number of aryl methyl sites for hydroxylation is 1. The first kappa shape index (κ1) is 25.7. The van der Waals surface area contributed by atoms with Crippen molar-refractivity contribution in [3.8, 4) is 0 Å². The summed E-state index contributed by atoms with van der Waals surface area (Å²) < 4.78 is 34.3. The number of anilines is 1. The maximum Gasteiger partial charge on any atom is 0.347 e. The van der Waals surface area contributed by atoms with Crippen LogP contribution in [-0.2, 0) is 37.5 Å². The van der Waals surface area contributed by atoms with Crippen LogP contribution in [0.2, 0.25) is 0 Å². The molecule has 0 unspecified atom stereocenters. The fraction of sp³-hybridized carbons (Fsp3) is 0.524. The highest BCUT2D eigenvalue weighted by atomic mass is 31.2. The number of rotatable bonds is 9. The van der Waals surface area contributed by atoms with Gasteiger partial charge in [0.05, 0.1) is 45.2 Å². The van der Waals surface area contributed by atoms with Crippen LogP contribution in [0.15, 0.2) is 23.2 Å². The summed E-state index contributed by atoms with van der Waals surface area (Å²) in [5.41, 5.74) is 0.205. The van der Waals surface area contributed by atoms with Crippen molar-refractivity contribution in [3.63, 3.8) is 0 Å². The zero-order chi connectivity index (χ0) is 24.1. The molecule has 176 valence electrons. The van der Waals surface area contributed by atoms with Crippen LogP contribution in [0.25, 0.3) is 0 Å². The number of amides is 1. The molecule has 10 nitrogen and oxygen atoms in total. The van der Waals surface area contributed by atoms with Gasteiger partial charge in [0, 0.05) is 5.71 Å². The lowest BCUT2D eigenvalue weighted by atomic mass is 10.1. The first-order chi connectivity index (χ1) is 15.1. The summed E-state index contributed by atoms with van der Waals surface area (Å²) in [6.45, 7) is 6.50. The SMILES string of the molecule is CCOP(=O)(OCC)[C@H](C(=O)OC)[C@@H](C(=O)OC)N1C(=O)CC(C)=Nc2ccc(C)cc21. The Hall–Kier alpha value is -2.55. The standard InChI is InChI=1S/C21H29N2O8P/c1-7-30-32(27,31-8-2)19(21(26)29-6)18(20(25)28-5)23-16-11-13(3)9-10-15(16)22-14(4)12-17(23)24/h9-11,18-19H,7-8,12H2,1-6H3/t18-,19-/m0/s1. The molecule has 2 rings (SSSR count). The minimum Gasteiger partial charge on any atom is -0.468 e. The van der Waals surface area contributed by atoms with Crippen molar-refractivity contribution >= 4 is 42.5 Å². The van der Waals surface area contributed by atoms with E-state index < -0.39 is 37.1 Å². The van der Waals surface area contributed by atoms with Gasteiger partial charge in [-0.05, 0) is 45.4 Å². The Morgan fingerprint density at radius 1 is 1.09 bits per heavy atom. The molecule has 1 amide bonds. The Morgan fingerprint density at radius 2 is 1.69 bits per heavy atom. The van der Waals surface area contributed by atoms with E-state index in [4.69, 9.17) is 18.5 Å². The number of ether oxygens (including phenoxy) is 2. The van der Waals surface area contributed by atoms with E-state index in [1.165, 1.54) is 0 Å². The first-order valence-corrected chi connectivity index (χ1v) is 11.8. The van der Waals surface area contributed by atoms with Crippen molar-refractivity contribution < 1.29 is 37.5 Å². The molecule has 11 heteroatoms. The van der Waals surface area contributed by atoms with Crippen molar-refractivity contribution in [3.05, 3.63) is 23.8 Å². The van der Waals surface area contributed by atoms with Gasteiger partial charge in [-0.1, -0.05) is 6.07 Å². The van der Waals surface area contributed by atoms with E-state index >= 15 is 0 Å². The van der Waals surface area contributed by atoms with E-state index in [-0.39, 0.29) is 25.3 Å². The molecule has 1 aromatic rings. The summed E-state index contributed by atoms with van der Waals surface area (Å²) in [7, 11) is -2.09. The molecule has 0 spiro atoms. The van der Waals surface area contributed by atoms with Gasteiger partial charge in [0.2, 0.25) is 5.91 Å². The Morgan fingerprint density at radius 3 is 2.22 bits per heavy atom. The molecule has 0 saturated carbocycles. The van der Waals surface area contributed by atoms with Gasteiger partial charge in [-0.15, -0.1) is 0 Å². The van der Waals surface area contributed by atoms with E-state index in [0.29, 0.717) is 11.4 Å². The Balaban J connectivity index is 2.82. The van der Waals surface area contributed by atoms with E-state index in [2.05, 4.69) is 4.99 Å². The van der Waals surface area contributed by atoms with E-state index in [9.17, 15) is 18.9 Å². The molecule has 1 aromatic carbocycles. The molecule has 2 atom stereocenters. The van der Waals surface area contributed by atoms with Gasteiger partial charge in [0.1, 0.15) is 0 Å². The van der Waals surface area contributed by atoms with Crippen LogP contribution in [0.4, 0.5) is 11.4 Å². The predicted octanol–water partition coefficient (Wildman–Crippen LogP) is 3.17. The summed E-state index contributed by atoms with van der Waals surface area (Å²) in [6.07, 6.45) is -0.122. The van der Waals surface area contributed by atoms with Crippen LogP contribution in [0.5, 0.6) is 0 Å². The third kappa shape index (κ3) is 5.26. The average Bonchev–Trinajstić information content (AvgIpc) is 2.85. The highest BCUT2D eigenvalue weighted by Gasteiger charge is 2.55. The lowest BCUT2D eigenvalue weighted by Crippen LogP contribution is -2.55. The Kier molecular flexibility index (Phi) is 8.72. The maximum atomic E-state index is 13.7. The molecule has 1 aliphatic heterocycles. The lowest BCUT2D eigenvalue weighted by molar-refractivity contribution is -0.149. The molecular weight excluding hydrogens is 439 g/mol. The van der Waals surface area contributed by atoms with Gasteiger partial charge in [0.15, 0.2) is 11.7 Å². The molecule has 1 aliphatic rings. The van der Waals surface area contributed by atoms with Crippen molar-refractivity contribution in [2.75, 3.05) is 32.3 Å². The number of carbonyl (C=O) groups is 3. The minimum absolute atomic E-state index is 0.0650.